The lowest BCUT2D eigenvalue weighted by atomic mass is 9.88. The largest absolute Gasteiger partial charge is 0.495 e. The van der Waals surface area contributed by atoms with Crippen LogP contribution >= 0.6 is 34.5 Å². The fourth-order valence-corrected chi connectivity index (χ4v) is 5.34. The van der Waals surface area contributed by atoms with Crippen molar-refractivity contribution in [3.63, 3.8) is 0 Å². The van der Waals surface area contributed by atoms with Crippen molar-refractivity contribution in [2.24, 2.45) is 11.7 Å². The summed E-state index contributed by atoms with van der Waals surface area (Å²) in [5, 5.41) is 4.07. The van der Waals surface area contributed by atoms with Gasteiger partial charge in [0, 0.05) is 21.5 Å². The number of halogens is 2. The van der Waals surface area contributed by atoms with Crippen molar-refractivity contribution >= 4 is 57.4 Å². The predicted octanol–water partition coefficient (Wildman–Crippen LogP) is 4.94. The van der Waals surface area contributed by atoms with Gasteiger partial charge in [-0.3, -0.25) is 9.59 Å². The van der Waals surface area contributed by atoms with Crippen molar-refractivity contribution in [2.45, 2.75) is 26.2 Å². The molecule has 1 aliphatic carbocycles. The molecule has 8 heteroatoms. The lowest BCUT2D eigenvalue weighted by Gasteiger charge is -2.18. The number of primary amides is 1. The average Bonchev–Trinajstić information content (AvgIpc) is 2.96. The van der Waals surface area contributed by atoms with Crippen LogP contribution < -0.4 is 15.8 Å². The number of fused-ring (bicyclic) bond motifs is 1. The number of carbonyl (C=O) groups excluding carboxylic acids is 2. The molecule has 1 atom stereocenters. The monoisotopic (exact) mass is 438 g/mol. The first-order valence-corrected chi connectivity index (χ1v) is 10.3. The Morgan fingerprint density at radius 3 is 2.79 bits per heavy atom. The summed E-state index contributed by atoms with van der Waals surface area (Å²) >= 11 is 13.6. The van der Waals surface area contributed by atoms with Gasteiger partial charge in [-0.05, 0) is 49.0 Å². The van der Waals surface area contributed by atoms with E-state index in [4.69, 9.17) is 33.7 Å². The molecule has 0 bridgehead atoms. The topological polar surface area (TPSA) is 81.4 Å². The number of amides is 2. The number of hydrogen-bond acceptors (Lipinski definition) is 4. The first kappa shape index (κ1) is 20.7. The van der Waals surface area contributed by atoms with Gasteiger partial charge >= 0.3 is 0 Å². The second-order valence-corrected chi connectivity index (χ2v) is 8.70. The summed E-state index contributed by atoms with van der Waals surface area (Å²) in [4.78, 5) is 25.5. The maximum atomic E-state index is 12.5. The molecule has 2 amide bonds. The predicted molar refractivity (Wildman–Crippen MR) is 115 cm³/mol. The summed E-state index contributed by atoms with van der Waals surface area (Å²) in [6, 6.07) is 3.21. The van der Waals surface area contributed by atoms with Gasteiger partial charge in [0.2, 0.25) is 5.91 Å². The molecule has 1 aliphatic rings. The van der Waals surface area contributed by atoms with Crippen LogP contribution in [-0.4, -0.2) is 18.9 Å². The van der Waals surface area contributed by atoms with Gasteiger partial charge in [-0.2, -0.15) is 0 Å². The Hall–Kier alpha value is -2.02. The summed E-state index contributed by atoms with van der Waals surface area (Å²) in [6.45, 7) is 2.18. The van der Waals surface area contributed by atoms with Gasteiger partial charge in [0.05, 0.1) is 17.7 Å². The van der Waals surface area contributed by atoms with Gasteiger partial charge in [-0.25, -0.2) is 0 Å². The molecule has 0 saturated carbocycles. The number of ether oxygens (including phenoxy) is 1. The molecular formula is C20H20Cl2N2O3S. The highest BCUT2D eigenvalue weighted by Gasteiger charge is 2.26. The molecule has 0 fully saturated rings. The molecular weight excluding hydrogens is 419 g/mol. The number of nitrogens with one attached hydrogen (secondary N) is 1. The molecule has 1 aromatic carbocycles. The molecule has 0 unspecified atom stereocenters. The average molecular weight is 439 g/mol. The van der Waals surface area contributed by atoms with E-state index in [2.05, 4.69) is 12.2 Å². The van der Waals surface area contributed by atoms with Crippen molar-refractivity contribution in [2.75, 3.05) is 12.4 Å². The SMILES string of the molecule is COc1c(Cl)cc(Cl)cc1/C=C/C(=O)Nc1sc2c(c1C(N)=O)CC[C@H](C)C2. The van der Waals surface area contributed by atoms with Crippen LogP contribution in [0.15, 0.2) is 18.2 Å². The van der Waals surface area contributed by atoms with Crippen molar-refractivity contribution < 1.29 is 14.3 Å². The number of methoxy groups -OCH3 is 1. The molecule has 0 aliphatic heterocycles. The van der Waals surface area contributed by atoms with Crippen LogP contribution in [-0.2, 0) is 17.6 Å². The number of nitrogens with two attached hydrogens (primary N) is 1. The zero-order chi connectivity index (χ0) is 20.4. The van der Waals surface area contributed by atoms with E-state index in [1.54, 1.807) is 18.2 Å². The van der Waals surface area contributed by atoms with Gasteiger partial charge in [-0.15, -0.1) is 11.3 Å². The third kappa shape index (κ3) is 4.35. The number of thiophene rings is 1. The third-order valence-corrected chi connectivity index (χ3v) is 6.32. The Balaban J connectivity index is 1.85. The molecule has 5 nitrogen and oxygen atoms in total. The lowest BCUT2D eigenvalue weighted by Crippen LogP contribution is -2.18. The van der Waals surface area contributed by atoms with E-state index < -0.39 is 5.91 Å². The van der Waals surface area contributed by atoms with Crippen LogP contribution in [0.25, 0.3) is 6.08 Å². The van der Waals surface area contributed by atoms with Gasteiger partial charge in [0.1, 0.15) is 10.8 Å². The minimum Gasteiger partial charge on any atom is -0.495 e. The van der Waals surface area contributed by atoms with Gasteiger partial charge in [-0.1, -0.05) is 30.1 Å². The van der Waals surface area contributed by atoms with Crippen molar-refractivity contribution in [3.8, 4) is 5.75 Å². The highest BCUT2D eigenvalue weighted by atomic mass is 35.5. The second-order valence-electron chi connectivity index (χ2n) is 6.75. The summed E-state index contributed by atoms with van der Waals surface area (Å²) in [7, 11) is 1.49. The zero-order valence-corrected chi connectivity index (χ0v) is 17.8. The number of carbonyl (C=O) groups is 2. The molecule has 1 aromatic heterocycles. The van der Waals surface area contributed by atoms with Gasteiger partial charge < -0.3 is 15.8 Å². The fourth-order valence-electron chi connectivity index (χ4n) is 3.34. The second kappa shape index (κ2) is 8.55. The van der Waals surface area contributed by atoms with E-state index >= 15 is 0 Å². The fraction of sp³-hybridized carbons (Fsp3) is 0.300. The number of hydrogen-bond donors (Lipinski definition) is 2. The molecule has 3 rings (SSSR count). The van der Waals surface area contributed by atoms with Crippen LogP contribution in [0.5, 0.6) is 5.75 Å². The minimum absolute atomic E-state index is 0.353. The Bertz CT molecular complexity index is 969. The maximum absolute atomic E-state index is 12.5. The summed E-state index contributed by atoms with van der Waals surface area (Å²) in [6.07, 6.45) is 5.61. The highest BCUT2D eigenvalue weighted by molar-refractivity contribution is 7.17. The Morgan fingerprint density at radius 1 is 1.36 bits per heavy atom. The number of benzene rings is 1. The van der Waals surface area contributed by atoms with E-state index in [0.717, 1.165) is 29.7 Å². The Labute approximate surface area is 177 Å². The first-order chi connectivity index (χ1) is 13.3. The van der Waals surface area contributed by atoms with Crippen LogP contribution in [0.2, 0.25) is 10.0 Å². The van der Waals surface area contributed by atoms with Crippen molar-refractivity contribution in [1.82, 2.24) is 0 Å². The van der Waals surface area contributed by atoms with Crippen LogP contribution in [0.1, 0.15) is 39.7 Å². The van der Waals surface area contributed by atoms with Gasteiger partial charge in [0.15, 0.2) is 0 Å². The molecule has 0 saturated heterocycles. The van der Waals surface area contributed by atoms with Crippen LogP contribution in [0, 0.1) is 5.92 Å². The number of anilines is 1. The summed E-state index contributed by atoms with van der Waals surface area (Å²) in [5.74, 6) is 0.0748. The molecule has 148 valence electrons. The van der Waals surface area contributed by atoms with Crippen molar-refractivity contribution in [1.29, 1.82) is 0 Å². The zero-order valence-electron chi connectivity index (χ0n) is 15.5. The molecule has 0 spiro atoms. The molecule has 0 radical (unpaired) electrons. The van der Waals surface area contributed by atoms with E-state index in [9.17, 15) is 9.59 Å². The normalized spacial score (nSPS) is 16.1. The van der Waals surface area contributed by atoms with Crippen LogP contribution in [0.4, 0.5) is 5.00 Å². The third-order valence-electron chi connectivity index (χ3n) is 4.65. The van der Waals surface area contributed by atoms with Crippen molar-refractivity contribution in [3.05, 3.63) is 49.8 Å². The quantitative estimate of drug-likeness (QED) is 0.648. The number of rotatable bonds is 5. The highest BCUT2D eigenvalue weighted by Crippen LogP contribution is 2.39. The molecule has 28 heavy (non-hydrogen) atoms. The summed E-state index contributed by atoms with van der Waals surface area (Å²) in [5.41, 5.74) is 7.55. The molecule has 2 aromatic rings. The smallest absolute Gasteiger partial charge is 0.251 e. The lowest BCUT2D eigenvalue weighted by molar-refractivity contribution is -0.111. The Morgan fingerprint density at radius 2 is 2.11 bits per heavy atom. The first-order valence-electron chi connectivity index (χ1n) is 8.76. The maximum Gasteiger partial charge on any atom is 0.251 e. The Kier molecular flexibility index (Phi) is 6.33. The summed E-state index contributed by atoms with van der Waals surface area (Å²) < 4.78 is 5.26. The van der Waals surface area contributed by atoms with E-state index in [1.165, 1.54) is 24.5 Å². The standard InChI is InChI=1S/C20H20Cl2N2O3S/c1-10-3-5-13-15(7-10)28-20(17(13)19(23)26)24-16(25)6-4-11-8-12(21)9-14(22)18(11)27-2/h4,6,8-10H,3,5,7H2,1-2H3,(H2,23,26)(H,24,25)/b6-4+/t10-/m0/s1. The molecule has 1 heterocycles. The van der Waals surface area contributed by atoms with E-state index in [1.807, 2.05) is 0 Å². The van der Waals surface area contributed by atoms with Gasteiger partial charge in [0.25, 0.3) is 5.91 Å². The van der Waals surface area contributed by atoms with E-state index in [0.29, 0.717) is 37.8 Å². The minimum atomic E-state index is -0.519. The van der Waals surface area contributed by atoms with Crippen LogP contribution in [0.3, 0.4) is 0 Å². The molecule has 3 N–H and O–H groups in total. The van der Waals surface area contributed by atoms with E-state index in [-0.39, 0.29) is 5.91 Å².